The standard InChI is InChI=1S/C14H18N2O3/c1-2-15(10-13(17)18)12-8-9-16(14(12)19)11-6-4-3-5-7-11/h3-7,12H,2,8-10H2,1H3,(H,17,18). The van der Waals surface area contributed by atoms with E-state index in [2.05, 4.69) is 0 Å². The second-order valence-corrected chi connectivity index (χ2v) is 4.59. The van der Waals surface area contributed by atoms with Crippen LogP contribution in [-0.2, 0) is 9.59 Å². The molecule has 1 heterocycles. The van der Waals surface area contributed by atoms with Crippen molar-refractivity contribution in [2.24, 2.45) is 0 Å². The van der Waals surface area contributed by atoms with Crippen LogP contribution in [0.25, 0.3) is 0 Å². The Kier molecular flexibility index (Phi) is 4.16. The highest BCUT2D eigenvalue weighted by molar-refractivity contribution is 5.99. The molecule has 2 rings (SSSR count). The van der Waals surface area contributed by atoms with Gasteiger partial charge in [0.2, 0.25) is 5.91 Å². The Labute approximate surface area is 112 Å². The SMILES string of the molecule is CCN(CC(=O)O)C1CCN(c2ccccc2)C1=O. The molecule has 1 aromatic rings. The summed E-state index contributed by atoms with van der Waals surface area (Å²) in [5, 5.41) is 8.88. The minimum Gasteiger partial charge on any atom is -0.480 e. The van der Waals surface area contributed by atoms with Crippen LogP contribution in [0.15, 0.2) is 30.3 Å². The third-order valence-corrected chi connectivity index (χ3v) is 3.43. The van der Waals surface area contributed by atoms with Gasteiger partial charge in [-0.3, -0.25) is 14.5 Å². The molecule has 5 nitrogen and oxygen atoms in total. The van der Waals surface area contributed by atoms with Crippen LogP contribution in [0.3, 0.4) is 0 Å². The van der Waals surface area contributed by atoms with Gasteiger partial charge < -0.3 is 10.0 Å². The van der Waals surface area contributed by atoms with Crippen molar-refractivity contribution in [3.05, 3.63) is 30.3 Å². The molecule has 0 aromatic heterocycles. The lowest BCUT2D eigenvalue weighted by molar-refractivity contribution is -0.139. The highest BCUT2D eigenvalue weighted by Crippen LogP contribution is 2.23. The lowest BCUT2D eigenvalue weighted by Gasteiger charge is -2.24. The van der Waals surface area contributed by atoms with Crippen LogP contribution in [0.4, 0.5) is 5.69 Å². The largest absolute Gasteiger partial charge is 0.480 e. The average molecular weight is 262 g/mol. The minimum absolute atomic E-state index is 0.00528. The molecule has 0 aliphatic carbocycles. The number of carbonyl (C=O) groups excluding carboxylic acids is 1. The summed E-state index contributed by atoms with van der Waals surface area (Å²) in [6.45, 7) is 2.99. The number of nitrogens with zero attached hydrogens (tertiary/aromatic N) is 2. The van der Waals surface area contributed by atoms with Gasteiger partial charge in [-0.05, 0) is 25.1 Å². The monoisotopic (exact) mass is 262 g/mol. The molecule has 1 unspecified atom stereocenters. The third kappa shape index (κ3) is 2.93. The molecule has 1 atom stereocenters. The molecule has 1 aromatic carbocycles. The van der Waals surface area contributed by atoms with Gasteiger partial charge in [0, 0.05) is 12.2 Å². The predicted octanol–water partition coefficient (Wildman–Crippen LogP) is 1.20. The molecule has 19 heavy (non-hydrogen) atoms. The number of hydrogen-bond acceptors (Lipinski definition) is 3. The van der Waals surface area contributed by atoms with Crippen molar-refractivity contribution < 1.29 is 14.7 Å². The predicted molar refractivity (Wildman–Crippen MR) is 72.1 cm³/mol. The molecule has 1 N–H and O–H groups in total. The number of likely N-dealkylation sites (N-methyl/N-ethyl adjacent to an activating group) is 1. The van der Waals surface area contributed by atoms with Gasteiger partial charge in [-0.15, -0.1) is 0 Å². The molecular formula is C14H18N2O3. The van der Waals surface area contributed by atoms with E-state index in [9.17, 15) is 9.59 Å². The van der Waals surface area contributed by atoms with Crippen molar-refractivity contribution in [2.75, 3.05) is 24.5 Å². The number of benzene rings is 1. The Morgan fingerprint density at radius 3 is 2.68 bits per heavy atom. The van der Waals surface area contributed by atoms with E-state index in [0.29, 0.717) is 19.5 Å². The number of para-hydroxylation sites is 1. The summed E-state index contributed by atoms with van der Waals surface area (Å²) in [6, 6.07) is 9.17. The van der Waals surface area contributed by atoms with Crippen molar-refractivity contribution in [3.8, 4) is 0 Å². The first-order valence-corrected chi connectivity index (χ1v) is 6.45. The van der Waals surface area contributed by atoms with Gasteiger partial charge in [-0.2, -0.15) is 0 Å². The molecular weight excluding hydrogens is 244 g/mol. The number of aliphatic carboxylic acids is 1. The third-order valence-electron chi connectivity index (χ3n) is 3.43. The van der Waals surface area contributed by atoms with Gasteiger partial charge in [-0.1, -0.05) is 25.1 Å². The number of hydrogen-bond donors (Lipinski definition) is 1. The van der Waals surface area contributed by atoms with Crippen LogP contribution in [0.2, 0.25) is 0 Å². The van der Waals surface area contributed by atoms with Crippen molar-refractivity contribution in [3.63, 3.8) is 0 Å². The topological polar surface area (TPSA) is 60.9 Å². The van der Waals surface area contributed by atoms with Crippen molar-refractivity contribution in [2.45, 2.75) is 19.4 Å². The van der Waals surface area contributed by atoms with Crippen LogP contribution in [-0.4, -0.2) is 47.6 Å². The lowest BCUT2D eigenvalue weighted by Crippen LogP contribution is -2.44. The molecule has 0 radical (unpaired) electrons. The molecule has 0 bridgehead atoms. The zero-order valence-corrected chi connectivity index (χ0v) is 11.0. The van der Waals surface area contributed by atoms with E-state index >= 15 is 0 Å². The van der Waals surface area contributed by atoms with Crippen molar-refractivity contribution in [1.82, 2.24) is 4.90 Å². The average Bonchev–Trinajstić information content (AvgIpc) is 2.78. The maximum Gasteiger partial charge on any atom is 0.317 e. The normalized spacial score (nSPS) is 19.2. The fourth-order valence-electron chi connectivity index (χ4n) is 2.48. The Bertz CT molecular complexity index is 461. The van der Waals surface area contributed by atoms with Crippen LogP contribution >= 0.6 is 0 Å². The Morgan fingerprint density at radius 1 is 1.42 bits per heavy atom. The Morgan fingerprint density at radius 2 is 2.11 bits per heavy atom. The van der Waals surface area contributed by atoms with E-state index in [0.717, 1.165) is 5.69 Å². The molecule has 1 fully saturated rings. The smallest absolute Gasteiger partial charge is 0.317 e. The van der Waals surface area contributed by atoms with E-state index in [4.69, 9.17) is 5.11 Å². The molecule has 1 aliphatic rings. The van der Waals surface area contributed by atoms with E-state index in [-0.39, 0.29) is 18.5 Å². The zero-order valence-electron chi connectivity index (χ0n) is 11.0. The van der Waals surface area contributed by atoms with Crippen LogP contribution in [0, 0.1) is 0 Å². The van der Waals surface area contributed by atoms with Gasteiger partial charge in [0.25, 0.3) is 0 Å². The molecule has 0 spiro atoms. The van der Waals surface area contributed by atoms with Crippen LogP contribution < -0.4 is 4.90 Å². The highest BCUT2D eigenvalue weighted by Gasteiger charge is 2.36. The second kappa shape index (κ2) is 5.84. The van der Waals surface area contributed by atoms with Gasteiger partial charge in [-0.25, -0.2) is 0 Å². The first-order valence-electron chi connectivity index (χ1n) is 6.45. The Balaban J connectivity index is 2.11. The molecule has 102 valence electrons. The van der Waals surface area contributed by atoms with Gasteiger partial charge in [0.1, 0.15) is 0 Å². The van der Waals surface area contributed by atoms with E-state index in [1.54, 1.807) is 9.80 Å². The summed E-state index contributed by atoms with van der Waals surface area (Å²) in [5.41, 5.74) is 0.876. The first kappa shape index (κ1) is 13.5. The minimum atomic E-state index is -0.896. The summed E-state index contributed by atoms with van der Waals surface area (Å²) < 4.78 is 0. The zero-order chi connectivity index (χ0) is 13.8. The highest BCUT2D eigenvalue weighted by atomic mass is 16.4. The number of anilines is 1. The summed E-state index contributed by atoms with van der Waals surface area (Å²) in [4.78, 5) is 26.6. The van der Waals surface area contributed by atoms with Gasteiger partial charge in [0.05, 0.1) is 12.6 Å². The van der Waals surface area contributed by atoms with E-state index < -0.39 is 5.97 Å². The van der Waals surface area contributed by atoms with Gasteiger partial charge >= 0.3 is 5.97 Å². The molecule has 1 aliphatic heterocycles. The Hall–Kier alpha value is -1.88. The fraction of sp³-hybridized carbons (Fsp3) is 0.429. The summed E-state index contributed by atoms with van der Waals surface area (Å²) >= 11 is 0. The summed E-state index contributed by atoms with van der Waals surface area (Å²) in [6.07, 6.45) is 0.675. The second-order valence-electron chi connectivity index (χ2n) is 4.59. The van der Waals surface area contributed by atoms with E-state index in [1.807, 2.05) is 37.3 Å². The summed E-state index contributed by atoms with van der Waals surface area (Å²) in [7, 11) is 0. The molecule has 1 amide bonds. The molecule has 0 saturated carbocycles. The number of rotatable bonds is 5. The van der Waals surface area contributed by atoms with Crippen LogP contribution in [0.1, 0.15) is 13.3 Å². The van der Waals surface area contributed by atoms with Crippen molar-refractivity contribution >= 4 is 17.6 Å². The maximum atomic E-state index is 12.4. The number of carboxylic acids is 1. The first-order chi connectivity index (χ1) is 9.13. The fourth-order valence-corrected chi connectivity index (χ4v) is 2.48. The molecule has 1 saturated heterocycles. The molecule has 5 heteroatoms. The summed E-state index contributed by atoms with van der Waals surface area (Å²) in [5.74, 6) is -0.901. The maximum absolute atomic E-state index is 12.4. The number of carbonyl (C=O) groups is 2. The number of amides is 1. The van der Waals surface area contributed by atoms with Gasteiger partial charge in [0.15, 0.2) is 0 Å². The number of carboxylic acid groups (broad SMARTS) is 1. The van der Waals surface area contributed by atoms with Crippen molar-refractivity contribution in [1.29, 1.82) is 0 Å². The quantitative estimate of drug-likeness (QED) is 0.866. The lowest BCUT2D eigenvalue weighted by atomic mass is 10.2. The van der Waals surface area contributed by atoms with E-state index in [1.165, 1.54) is 0 Å². The van der Waals surface area contributed by atoms with Crippen LogP contribution in [0.5, 0.6) is 0 Å².